The molecule has 0 saturated heterocycles. The summed E-state index contributed by atoms with van der Waals surface area (Å²) in [7, 11) is 2.06. The Kier molecular flexibility index (Phi) is 4.19. The molecule has 4 rings (SSSR count). The lowest BCUT2D eigenvalue weighted by atomic mass is 10.3. The molecule has 0 unspecified atom stereocenters. The predicted octanol–water partition coefficient (Wildman–Crippen LogP) is 2.47. The van der Waals surface area contributed by atoms with E-state index in [1.807, 2.05) is 12.4 Å². The highest BCUT2D eigenvalue weighted by Gasteiger charge is 2.28. The molecule has 3 aromatic heterocycles. The summed E-state index contributed by atoms with van der Waals surface area (Å²) >= 11 is 3.25. The van der Waals surface area contributed by atoms with E-state index in [9.17, 15) is 4.79 Å². The maximum Gasteiger partial charge on any atom is 0.275 e. The number of fused-ring (bicyclic) bond motifs is 1. The van der Waals surface area contributed by atoms with E-state index in [1.54, 1.807) is 28.7 Å². The van der Waals surface area contributed by atoms with Crippen LogP contribution in [0.25, 0.3) is 4.96 Å². The van der Waals surface area contributed by atoms with Crippen LogP contribution >= 0.6 is 22.7 Å². The molecule has 1 aliphatic rings. The van der Waals surface area contributed by atoms with Crippen LogP contribution in [0.2, 0.25) is 0 Å². The van der Waals surface area contributed by atoms with Crippen molar-refractivity contribution in [3.8, 4) is 0 Å². The molecular weight excluding hydrogens is 342 g/mol. The van der Waals surface area contributed by atoms with Gasteiger partial charge in [-0.2, -0.15) is 9.61 Å². The summed E-state index contributed by atoms with van der Waals surface area (Å²) < 4.78 is 1.45. The Labute approximate surface area is 147 Å². The minimum absolute atomic E-state index is 0.0788. The van der Waals surface area contributed by atoms with Crippen LogP contribution in [-0.4, -0.2) is 38.1 Å². The molecule has 1 fully saturated rings. The van der Waals surface area contributed by atoms with Gasteiger partial charge in [0.05, 0.1) is 16.9 Å². The average molecular weight is 361 g/mol. The van der Waals surface area contributed by atoms with E-state index in [2.05, 4.69) is 27.0 Å². The van der Waals surface area contributed by atoms with Gasteiger partial charge in [-0.1, -0.05) is 11.3 Å². The van der Waals surface area contributed by atoms with Gasteiger partial charge in [0.15, 0.2) is 0 Å². The minimum Gasteiger partial charge on any atom is -0.300 e. The van der Waals surface area contributed by atoms with Crippen LogP contribution in [0.5, 0.6) is 0 Å². The second-order valence-electron chi connectivity index (χ2n) is 6.34. The average Bonchev–Trinajstić information content (AvgIpc) is 3.17. The van der Waals surface area contributed by atoms with Gasteiger partial charge in [-0.25, -0.2) is 9.97 Å². The summed E-state index contributed by atoms with van der Waals surface area (Å²) in [5.74, 6) is 0.546. The van der Waals surface area contributed by atoms with Crippen LogP contribution in [0.3, 0.4) is 0 Å². The SMILES string of the molecule is Cc1ncsc1CCN(C)Cc1cc(=O)n2nc(C3CC3)sc2n1. The van der Waals surface area contributed by atoms with Crippen LogP contribution in [-0.2, 0) is 13.0 Å². The molecule has 0 N–H and O–H groups in total. The van der Waals surface area contributed by atoms with Crippen molar-refractivity contribution in [2.75, 3.05) is 13.6 Å². The highest BCUT2D eigenvalue weighted by atomic mass is 32.1. The fourth-order valence-corrected chi connectivity index (χ4v) is 4.52. The molecule has 0 bridgehead atoms. The number of rotatable bonds is 6. The van der Waals surface area contributed by atoms with Gasteiger partial charge in [0.2, 0.25) is 4.96 Å². The summed E-state index contributed by atoms with van der Waals surface area (Å²) in [6.45, 7) is 3.63. The van der Waals surface area contributed by atoms with Crippen LogP contribution in [0, 0.1) is 6.92 Å². The van der Waals surface area contributed by atoms with E-state index < -0.39 is 0 Å². The first-order valence-electron chi connectivity index (χ1n) is 8.07. The molecule has 0 aliphatic heterocycles. The van der Waals surface area contributed by atoms with E-state index in [0.717, 1.165) is 29.4 Å². The van der Waals surface area contributed by atoms with Crippen molar-refractivity contribution in [3.63, 3.8) is 0 Å². The summed E-state index contributed by atoms with van der Waals surface area (Å²) in [6.07, 6.45) is 3.34. The van der Waals surface area contributed by atoms with E-state index in [0.29, 0.717) is 17.4 Å². The molecule has 0 atom stereocenters. The zero-order valence-electron chi connectivity index (χ0n) is 13.7. The largest absolute Gasteiger partial charge is 0.300 e. The third-order valence-electron chi connectivity index (χ3n) is 4.24. The fraction of sp³-hybridized carbons (Fsp3) is 0.500. The normalized spacial score (nSPS) is 14.8. The quantitative estimate of drug-likeness (QED) is 0.675. The molecule has 0 amide bonds. The van der Waals surface area contributed by atoms with Crippen molar-refractivity contribution < 1.29 is 0 Å². The lowest BCUT2D eigenvalue weighted by Crippen LogP contribution is -2.23. The Bertz CT molecular complexity index is 924. The lowest BCUT2D eigenvalue weighted by molar-refractivity contribution is 0.327. The second-order valence-corrected chi connectivity index (χ2v) is 8.27. The van der Waals surface area contributed by atoms with E-state index >= 15 is 0 Å². The molecule has 0 spiro atoms. The van der Waals surface area contributed by atoms with Gasteiger partial charge < -0.3 is 4.90 Å². The molecule has 3 heterocycles. The topological polar surface area (TPSA) is 63.4 Å². The zero-order chi connectivity index (χ0) is 16.7. The number of aryl methyl sites for hydroxylation is 1. The van der Waals surface area contributed by atoms with Gasteiger partial charge in [0, 0.05) is 30.0 Å². The van der Waals surface area contributed by atoms with Crippen molar-refractivity contribution >= 4 is 27.6 Å². The van der Waals surface area contributed by atoms with Gasteiger partial charge in [-0.3, -0.25) is 4.79 Å². The van der Waals surface area contributed by atoms with E-state index in [-0.39, 0.29) is 5.56 Å². The van der Waals surface area contributed by atoms with E-state index in [1.165, 1.54) is 22.2 Å². The Hall–Kier alpha value is -1.64. The van der Waals surface area contributed by atoms with Gasteiger partial charge in [-0.05, 0) is 33.2 Å². The van der Waals surface area contributed by atoms with Crippen molar-refractivity contribution in [3.05, 3.63) is 43.2 Å². The van der Waals surface area contributed by atoms with Crippen molar-refractivity contribution in [1.29, 1.82) is 0 Å². The van der Waals surface area contributed by atoms with Crippen LogP contribution < -0.4 is 5.56 Å². The Balaban J connectivity index is 1.47. The predicted molar refractivity (Wildman–Crippen MR) is 96.0 cm³/mol. The number of hydrogen-bond acceptors (Lipinski definition) is 7. The molecule has 0 aromatic carbocycles. The molecule has 0 radical (unpaired) electrons. The molecule has 8 heteroatoms. The highest BCUT2D eigenvalue weighted by molar-refractivity contribution is 7.16. The fourth-order valence-electron chi connectivity index (χ4n) is 2.66. The summed E-state index contributed by atoms with van der Waals surface area (Å²) in [6, 6.07) is 1.61. The number of hydrogen-bond donors (Lipinski definition) is 0. The van der Waals surface area contributed by atoms with E-state index in [4.69, 9.17) is 0 Å². The minimum atomic E-state index is -0.0788. The molecule has 24 heavy (non-hydrogen) atoms. The van der Waals surface area contributed by atoms with Crippen molar-refractivity contribution in [2.45, 2.75) is 38.6 Å². The smallest absolute Gasteiger partial charge is 0.275 e. The van der Waals surface area contributed by atoms with Gasteiger partial charge in [0.1, 0.15) is 5.01 Å². The van der Waals surface area contributed by atoms with Crippen molar-refractivity contribution in [1.82, 2.24) is 24.5 Å². The van der Waals surface area contributed by atoms with Crippen LogP contribution in [0.15, 0.2) is 16.4 Å². The lowest BCUT2D eigenvalue weighted by Gasteiger charge is -2.15. The number of aromatic nitrogens is 4. The number of nitrogens with zero attached hydrogens (tertiary/aromatic N) is 5. The maximum absolute atomic E-state index is 12.3. The molecule has 1 aliphatic carbocycles. The molecule has 3 aromatic rings. The number of thiazole rings is 1. The third-order valence-corrected chi connectivity index (χ3v) is 6.30. The Morgan fingerprint density at radius 1 is 1.42 bits per heavy atom. The first-order valence-corrected chi connectivity index (χ1v) is 9.77. The van der Waals surface area contributed by atoms with Gasteiger partial charge >= 0.3 is 0 Å². The summed E-state index contributed by atoms with van der Waals surface area (Å²) in [5, 5.41) is 5.46. The molecule has 126 valence electrons. The van der Waals surface area contributed by atoms with Crippen molar-refractivity contribution in [2.24, 2.45) is 0 Å². The van der Waals surface area contributed by atoms with Crippen LogP contribution in [0.1, 0.15) is 40.0 Å². The zero-order valence-corrected chi connectivity index (χ0v) is 15.4. The highest BCUT2D eigenvalue weighted by Crippen LogP contribution is 2.41. The number of likely N-dealkylation sites (N-methyl/N-ethyl adjacent to an activating group) is 1. The molecule has 6 nitrogen and oxygen atoms in total. The standard InChI is InChI=1S/C16H19N5OS2/c1-10-13(23-9-17-10)5-6-20(2)8-12-7-14(22)21-16(18-12)24-15(19-21)11-3-4-11/h7,9,11H,3-6,8H2,1-2H3. The Morgan fingerprint density at radius 3 is 2.96 bits per heavy atom. The van der Waals surface area contributed by atoms with Gasteiger partial charge in [-0.15, -0.1) is 11.3 Å². The molecular formula is C16H19N5OS2. The Morgan fingerprint density at radius 2 is 2.25 bits per heavy atom. The third kappa shape index (κ3) is 3.26. The molecule has 1 saturated carbocycles. The second kappa shape index (κ2) is 6.34. The summed E-state index contributed by atoms with van der Waals surface area (Å²) in [5.41, 5.74) is 3.74. The maximum atomic E-state index is 12.3. The first-order chi connectivity index (χ1) is 11.6. The van der Waals surface area contributed by atoms with Gasteiger partial charge in [0.25, 0.3) is 5.56 Å². The summed E-state index contributed by atoms with van der Waals surface area (Å²) in [4.78, 5) is 25.4. The first kappa shape index (κ1) is 15.9. The van der Waals surface area contributed by atoms with Crippen LogP contribution in [0.4, 0.5) is 0 Å². The monoisotopic (exact) mass is 361 g/mol.